The van der Waals surface area contributed by atoms with Crippen molar-refractivity contribution < 1.29 is 13.9 Å². The van der Waals surface area contributed by atoms with Crippen molar-refractivity contribution in [3.05, 3.63) is 34.8 Å². The van der Waals surface area contributed by atoms with E-state index in [1.807, 2.05) is 13.0 Å². The van der Waals surface area contributed by atoms with Crippen LogP contribution >= 0.6 is 0 Å². The Morgan fingerprint density at radius 3 is 3.00 bits per heavy atom. The maximum atomic E-state index is 11.9. The summed E-state index contributed by atoms with van der Waals surface area (Å²) in [6.07, 6.45) is 2.35. The highest BCUT2D eigenvalue weighted by Gasteiger charge is 2.24. The lowest BCUT2D eigenvalue weighted by Gasteiger charge is -2.18. The van der Waals surface area contributed by atoms with Crippen LogP contribution in [0.1, 0.15) is 27.3 Å². The van der Waals surface area contributed by atoms with Gasteiger partial charge < -0.3 is 14.5 Å². The van der Waals surface area contributed by atoms with Gasteiger partial charge in [0.1, 0.15) is 0 Å². The number of methoxy groups -OCH3 is 1. The molecule has 6 heteroatoms. The van der Waals surface area contributed by atoms with Gasteiger partial charge in [0.25, 0.3) is 0 Å². The maximum absolute atomic E-state index is 11.9. The predicted molar refractivity (Wildman–Crippen MR) is 71.2 cm³/mol. The fourth-order valence-corrected chi connectivity index (χ4v) is 2.31. The Labute approximate surface area is 116 Å². The average molecular weight is 273 g/mol. The molecule has 0 saturated carbocycles. The van der Waals surface area contributed by atoms with Crippen molar-refractivity contribution in [3.63, 3.8) is 0 Å². The molecule has 0 atom stereocenters. The molecule has 0 unspecified atom stereocenters. The number of furan rings is 1. The van der Waals surface area contributed by atoms with Gasteiger partial charge in [0.15, 0.2) is 17.3 Å². The number of rotatable bonds is 2. The molecule has 2 aromatic heterocycles. The summed E-state index contributed by atoms with van der Waals surface area (Å²) in [6, 6.07) is 1.84. The van der Waals surface area contributed by atoms with Gasteiger partial charge in [-0.05, 0) is 18.6 Å². The van der Waals surface area contributed by atoms with Gasteiger partial charge in [0, 0.05) is 25.1 Å². The van der Waals surface area contributed by atoms with Crippen LogP contribution in [0, 0.1) is 6.92 Å². The second-order valence-electron chi connectivity index (χ2n) is 4.67. The number of aromatic nitrogens is 2. The first-order valence-electron chi connectivity index (χ1n) is 6.44. The first kappa shape index (κ1) is 12.8. The third kappa shape index (κ3) is 2.08. The topological polar surface area (TPSA) is 77.2 Å². The van der Waals surface area contributed by atoms with Gasteiger partial charge in [-0.25, -0.2) is 14.8 Å². The van der Waals surface area contributed by atoms with Crippen molar-refractivity contribution in [2.24, 2.45) is 0 Å². The van der Waals surface area contributed by atoms with Crippen LogP contribution in [0.3, 0.4) is 0 Å². The Hall–Kier alpha value is -2.21. The first-order chi connectivity index (χ1) is 9.70. The number of aryl methyl sites for hydroxylation is 1. The van der Waals surface area contributed by atoms with Crippen LogP contribution in [-0.4, -0.2) is 29.6 Å². The third-order valence-corrected chi connectivity index (χ3v) is 3.38. The van der Waals surface area contributed by atoms with Crippen LogP contribution in [0.4, 0.5) is 0 Å². The normalized spacial score (nSPS) is 13.9. The molecule has 0 spiro atoms. The molecule has 0 bridgehead atoms. The lowest BCUT2D eigenvalue weighted by Crippen LogP contribution is -2.28. The standard InChI is InChI=1S/C14H15N3O3/c1-8-4-6-20-12(8)13-16-10-3-5-15-7-9(10)11(17-13)14(18)19-2/h4,6,15H,3,5,7H2,1-2H3. The number of hydrogen-bond donors (Lipinski definition) is 1. The molecule has 3 rings (SSSR count). The van der Waals surface area contributed by atoms with E-state index in [1.54, 1.807) is 6.26 Å². The number of fused-ring (bicyclic) bond motifs is 1. The minimum atomic E-state index is -0.446. The van der Waals surface area contributed by atoms with E-state index in [0.29, 0.717) is 23.8 Å². The monoisotopic (exact) mass is 273 g/mol. The zero-order valence-corrected chi connectivity index (χ0v) is 11.4. The first-order valence-corrected chi connectivity index (χ1v) is 6.44. The predicted octanol–water partition coefficient (Wildman–Crippen LogP) is 1.48. The number of hydrogen-bond acceptors (Lipinski definition) is 6. The van der Waals surface area contributed by atoms with Crippen LogP contribution in [0.25, 0.3) is 11.6 Å². The molecule has 1 aliphatic rings. The highest BCUT2D eigenvalue weighted by Crippen LogP contribution is 2.25. The highest BCUT2D eigenvalue weighted by atomic mass is 16.5. The minimum Gasteiger partial charge on any atom is -0.464 e. The lowest BCUT2D eigenvalue weighted by molar-refractivity contribution is 0.0592. The number of nitrogens with zero attached hydrogens (tertiary/aromatic N) is 2. The van der Waals surface area contributed by atoms with Gasteiger partial charge in [0.2, 0.25) is 0 Å². The zero-order valence-electron chi connectivity index (χ0n) is 11.4. The van der Waals surface area contributed by atoms with E-state index >= 15 is 0 Å². The summed E-state index contributed by atoms with van der Waals surface area (Å²) >= 11 is 0. The molecule has 20 heavy (non-hydrogen) atoms. The van der Waals surface area contributed by atoms with E-state index in [4.69, 9.17) is 9.15 Å². The molecule has 0 amide bonds. The molecule has 3 heterocycles. The van der Waals surface area contributed by atoms with Gasteiger partial charge in [-0.3, -0.25) is 0 Å². The SMILES string of the molecule is COC(=O)c1nc(-c2occc2C)nc2c1CNCC2. The summed E-state index contributed by atoms with van der Waals surface area (Å²) < 4.78 is 10.2. The largest absolute Gasteiger partial charge is 0.464 e. The van der Waals surface area contributed by atoms with Crippen molar-refractivity contribution in [2.45, 2.75) is 19.9 Å². The number of nitrogens with one attached hydrogen (secondary N) is 1. The summed E-state index contributed by atoms with van der Waals surface area (Å²) in [5.41, 5.74) is 2.95. The van der Waals surface area contributed by atoms with Crippen molar-refractivity contribution in [1.29, 1.82) is 0 Å². The fourth-order valence-electron chi connectivity index (χ4n) is 2.31. The number of ether oxygens (including phenoxy) is 1. The molecule has 0 saturated heterocycles. The second kappa shape index (κ2) is 5.05. The summed E-state index contributed by atoms with van der Waals surface area (Å²) in [5, 5.41) is 3.21. The Morgan fingerprint density at radius 1 is 1.45 bits per heavy atom. The average Bonchev–Trinajstić information content (AvgIpc) is 2.91. The summed E-state index contributed by atoms with van der Waals surface area (Å²) in [7, 11) is 1.35. The molecule has 1 aliphatic heterocycles. The molecule has 0 fully saturated rings. The molecule has 6 nitrogen and oxygen atoms in total. The van der Waals surface area contributed by atoms with Crippen LogP contribution in [0.15, 0.2) is 16.7 Å². The Morgan fingerprint density at radius 2 is 2.30 bits per heavy atom. The van der Waals surface area contributed by atoms with Crippen molar-refractivity contribution >= 4 is 5.97 Å². The zero-order chi connectivity index (χ0) is 14.1. The third-order valence-electron chi connectivity index (χ3n) is 3.38. The van der Waals surface area contributed by atoms with Gasteiger partial charge in [0.05, 0.1) is 19.1 Å². The fraction of sp³-hybridized carbons (Fsp3) is 0.357. The van der Waals surface area contributed by atoms with Gasteiger partial charge >= 0.3 is 5.97 Å². The summed E-state index contributed by atoms with van der Waals surface area (Å²) in [5.74, 6) is 0.586. The highest BCUT2D eigenvalue weighted by molar-refractivity contribution is 5.89. The molecule has 0 radical (unpaired) electrons. The van der Waals surface area contributed by atoms with Gasteiger partial charge in [-0.15, -0.1) is 0 Å². The lowest BCUT2D eigenvalue weighted by atomic mass is 10.0. The van der Waals surface area contributed by atoms with Crippen molar-refractivity contribution in [2.75, 3.05) is 13.7 Å². The molecular formula is C14H15N3O3. The second-order valence-corrected chi connectivity index (χ2v) is 4.67. The quantitative estimate of drug-likeness (QED) is 0.835. The molecule has 0 aromatic carbocycles. The minimum absolute atomic E-state index is 0.315. The number of carbonyl (C=O) groups is 1. The molecule has 0 aliphatic carbocycles. The summed E-state index contributed by atoms with van der Waals surface area (Å²) in [6.45, 7) is 3.33. The van der Waals surface area contributed by atoms with E-state index in [1.165, 1.54) is 7.11 Å². The maximum Gasteiger partial charge on any atom is 0.357 e. The van der Waals surface area contributed by atoms with Gasteiger partial charge in [-0.2, -0.15) is 0 Å². The van der Waals surface area contributed by atoms with Crippen LogP contribution < -0.4 is 5.32 Å². The van der Waals surface area contributed by atoms with Crippen LogP contribution in [-0.2, 0) is 17.7 Å². The van der Waals surface area contributed by atoms with E-state index in [9.17, 15) is 4.79 Å². The van der Waals surface area contributed by atoms with Crippen molar-refractivity contribution in [3.8, 4) is 11.6 Å². The molecular weight excluding hydrogens is 258 g/mol. The molecule has 104 valence electrons. The smallest absolute Gasteiger partial charge is 0.357 e. The van der Waals surface area contributed by atoms with Gasteiger partial charge in [-0.1, -0.05) is 0 Å². The number of esters is 1. The van der Waals surface area contributed by atoms with Crippen LogP contribution in [0.5, 0.6) is 0 Å². The Balaban J connectivity index is 2.18. The molecule has 1 N–H and O–H groups in total. The van der Waals surface area contributed by atoms with E-state index in [2.05, 4.69) is 15.3 Å². The van der Waals surface area contributed by atoms with E-state index < -0.39 is 5.97 Å². The Kier molecular flexibility index (Phi) is 3.23. The molecule has 2 aromatic rings. The van der Waals surface area contributed by atoms with E-state index in [-0.39, 0.29) is 0 Å². The van der Waals surface area contributed by atoms with Crippen LogP contribution in [0.2, 0.25) is 0 Å². The number of carbonyl (C=O) groups excluding carboxylic acids is 1. The Bertz CT molecular complexity index is 664. The summed E-state index contributed by atoms with van der Waals surface area (Å²) in [4.78, 5) is 20.8. The van der Waals surface area contributed by atoms with E-state index in [0.717, 1.165) is 29.8 Å². The van der Waals surface area contributed by atoms with Crippen molar-refractivity contribution in [1.82, 2.24) is 15.3 Å².